The van der Waals surface area contributed by atoms with E-state index in [1.54, 1.807) is 11.3 Å². The zero-order valence-corrected chi connectivity index (χ0v) is 14.9. The lowest BCUT2D eigenvalue weighted by Gasteiger charge is -2.47. The minimum Gasteiger partial charge on any atom is -0.296 e. The number of piperidine rings is 1. The number of nitrogens with zero attached hydrogens (tertiary/aromatic N) is 1. The monoisotopic (exact) mass is 359 g/mol. The van der Waals surface area contributed by atoms with E-state index in [9.17, 15) is 0 Å². The van der Waals surface area contributed by atoms with E-state index >= 15 is 0 Å². The van der Waals surface area contributed by atoms with Crippen molar-refractivity contribution in [2.24, 2.45) is 5.84 Å². The molecule has 0 bridgehead atoms. The Morgan fingerprint density at radius 3 is 2.65 bits per heavy atom. The fourth-order valence-corrected chi connectivity index (χ4v) is 4.71. The second kappa shape index (κ2) is 7.36. The Bertz CT molecular complexity index is 417. The molecule has 0 radical (unpaired) electrons. The van der Waals surface area contributed by atoms with Crippen molar-refractivity contribution >= 4 is 27.3 Å². The van der Waals surface area contributed by atoms with Gasteiger partial charge in [-0.1, -0.05) is 13.3 Å². The molecule has 2 heterocycles. The van der Waals surface area contributed by atoms with Gasteiger partial charge in [-0.25, -0.2) is 0 Å². The predicted octanol–water partition coefficient (Wildman–Crippen LogP) is 3.54. The number of rotatable bonds is 6. The summed E-state index contributed by atoms with van der Waals surface area (Å²) >= 11 is 5.34. The minimum atomic E-state index is 0.131. The van der Waals surface area contributed by atoms with E-state index < -0.39 is 0 Å². The second-order valence-electron chi connectivity index (χ2n) is 5.91. The van der Waals surface area contributed by atoms with E-state index in [1.165, 1.54) is 41.7 Å². The summed E-state index contributed by atoms with van der Waals surface area (Å²) in [5, 5.41) is 2.15. The molecule has 0 aliphatic carbocycles. The van der Waals surface area contributed by atoms with Gasteiger partial charge in [0.05, 0.1) is 0 Å². The zero-order valence-electron chi connectivity index (χ0n) is 12.5. The number of halogens is 1. The van der Waals surface area contributed by atoms with Gasteiger partial charge in [-0.05, 0) is 61.3 Å². The summed E-state index contributed by atoms with van der Waals surface area (Å²) in [5.41, 5.74) is 3.23. The highest BCUT2D eigenvalue weighted by atomic mass is 79.9. The van der Waals surface area contributed by atoms with Crippen LogP contribution in [-0.4, -0.2) is 29.6 Å². The summed E-state index contributed by atoms with van der Waals surface area (Å²) in [6.07, 6.45) is 6.12. The molecule has 1 aromatic rings. The van der Waals surface area contributed by atoms with E-state index in [2.05, 4.69) is 51.5 Å². The van der Waals surface area contributed by atoms with Crippen LogP contribution in [0.2, 0.25) is 0 Å². The van der Waals surface area contributed by atoms with E-state index in [1.807, 2.05) is 0 Å². The third-order valence-corrected chi connectivity index (χ3v) is 6.49. The maximum atomic E-state index is 5.91. The lowest BCUT2D eigenvalue weighted by molar-refractivity contribution is 0.0432. The van der Waals surface area contributed by atoms with Crippen molar-refractivity contribution in [3.05, 3.63) is 20.8 Å². The topological polar surface area (TPSA) is 41.3 Å². The molecule has 1 fully saturated rings. The van der Waals surface area contributed by atoms with Gasteiger partial charge in [-0.2, -0.15) is 0 Å². The quantitative estimate of drug-likeness (QED) is 0.602. The van der Waals surface area contributed by atoms with Gasteiger partial charge in [0.2, 0.25) is 0 Å². The molecule has 2 unspecified atom stereocenters. The number of hydrogen-bond acceptors (Lipinski definition) is 4. The van der Waals surface area contributed by atoms with Crippen LogP contribution in [0.25, 0.3) is 0 Å². The first kappa shape index (κ1) is 16.4. The van der Waals surface area contributed by atoms with Crippen LogP contribution in [0.1, 0.15) is 44.4 Å². The van der Waals surface area contributed by atoms with Crippen molar-refractivity contribution < 1.29 is 0 Å². The fraction of sp³-hybridized carbons (Fsp3) is 0.733. The molecule has 0 aromatic carbocycles. The van der Waals surface area contributed by atoms with Crippen LogP contribution >= 0.6 is 27.3 Å². The molecule has 1 saturated heterocycles. The molecule has 1 aliphatic rings. The Labute approximate surface area is 135 Å². The first-order valence-electron chi connectivity index (χ1n) is 7.54. The van der Waals surface area contributed by atoms with Crippen LogP contribution in [-0.2, 0) is 6.42 Å². The molecule has 5 heteroatoms. The largest absolute Gasteiger partial charge is 0.296 e. The molecule has 1 aromatic heterocycles. The molecule has 3 nitrogen and oxygen atoms in total. The third kappa shape index (κ3) is 3.63. The average molecular weight is 360 g/mol. The maximum Gasteiger partial charge on any atom is 0.0440 e. The Morgan fingerprint density at radius 1 is 1.45 bits per heavy atom. The summed E-state index contributed by atoms with van der Waals surface area (Å²) in [7, 11) is 0. The Kier molecular flexibility index (Phi) is 6.05. The van der Waals surface area contributed by atoms with Crippen LogP contribution < -0.4 is 11.3 Å². The van der Waals surface area contributed by atoms with Gasteiger partial charge in [0.25, 0.3) is 0 Å². The van der Waals surface area contributed by atoms with E-state index in [-0.39, 0.29) is 11.6 Å². The molecular formula is C15H26BrN3S. The van der Waals surface area contributed by atoms with Gasteiger partial charge >= 0.3 is 0 Å². The van der Waals surface area contributed by atoms with Gasteiger partial charge in [0.15, 0.2) is 0 Å². The van der Waals surface area contributed by atoms with Crippen molar-refractivity contribution in [2.45, 2.75) is 57.5 Å². The van der Waals surface area contributed by atoms with E-state index in [0.29, 0.717) is 0 Å². The predicted molar refractivity (Wildman–Crippen MR) is 91.0 cm³/mol. The number of hydrogen-bond donors (Lipinski definition) is 2. The van der Waals surface area contributed by atoms with Crippen molar-refractivity contribution in [1.82, 2.24) is 10.3 Å². The van der Waals surface area contributed by atoms with Crippen LogP contribution in [0, 0.1) is 0 Å². The van der Waals surface area contributed by atoms with Crippen LogP contribution in [0.15, 0.2) is 15.9 Å². The van der Waals surface area contributed by atoms with Gasteiger partial charge in [0.1, 0.15) is 0 Å². The molecule has 2 rings (SSSR count). The highest BCUT2D eigenvalue weighted by molar-refractivity contribution is 9.10. The summed E-state index contributed by atoms with van der Waals surface area (Å²) < 4.78 is 1.17. The van der Waals surface area contributed by atoms with Gasteiger partial charge < -0.3 is 0 Å². The molecule has 20 heavy (non-hydrogen) atoms. The number of thiophene rings is 1. The van der Waals surface area contributed by atoms with E-state index in [0.717, 1.165) is 12.8 Å². The molecule has 0 saturated carbocycles. The molecular weight excluding hydrogens is 334 g/mol. The van der Waals surface area contributed by atoms with Gasteiger partial charge in [-0.3, -0.25) is 16.2 Å². The summed E-state index contributed by atoms with van der Waals surface area (Å²) in [4.78, 5) is 4.03. The lowest BCUT2D eigenvalue weighted by Crippen LogP contribution is -2.62. The molecule has 3 N–H and O–H groups in total. The van der Waals surface area contributed by atoms with Crippen LogP contribution in [0.4, 0.5) is 0 Å². The number of nitrogens with one attached hydrogen (secondary N) is 1. The van der Waals surface area contributed by atoms with Crippen molar-refractivity contribution in [3.63, 3.8) is 0 Å². The molecule has 0 amide bonds. The SMILES string of the molecule is CCC(C)(C(Cc1cc(Br)cs1)NN)N1CCCCC1. The summed E-state index contributed by atoms with van der Waals surface area (Å²) in [6, 6.07) is 2.50. The minimum absolute atomic E-state index is 0.131. The molecule has 1 aliphatic heterocycles. The van der Waals surface area contributed by atoms with Gasteiger partial charge in [-0.15, -0.1) is 11.3 Å². The van der Waals surface area contributed by atoms with Crippen LogP contribution in [0.3, 0.4) is 0 Å². The normalized spacial score (nSPS) is 21.6. The highest BCUT2D eigenvalue weighted by Crippen LogP contribution is 2.30. The summed E-state index contributed by atoms with van der Waals surface area (Å²) in [6.45, 7) is 7.06. The van der Waals surface area contributed by atoms with E-state index in [4.69, 9.17) is 5.84 Å². The standard InChI is InChI=1S/C15H26BrN3S/c1-3-15(2,19-7-5-4-6-8-19)14(18-17)10-13-9-12(16)11-20-13/h9,11,14,18H,3-8,10,17H2,1-2H3. The fourth-order valence-electron chi connectivity index (χ4n) is 3.22. The number of nitrogens with two attached hydrogens (primary N) is 1. The van der Waals surface area contributed by atoms with Crippen LogP contribution in [0.5, 0.6) is 0 Å². The summed E-state index contributed by atoms with van der Waals surface area (Å²) in [5.74, 6) is 5.91. The highest BCUT2D eigenvalue weighted by Gasteiger charge is 2.38. The van der Waals surface area contributed by atoms with Crippen molar-refractivity contribution in [2.75, 3.05) is 13.1 Å². The second-order valence-corrected chi connectivity index (χ2v) is 7.82. The van der Waals surface area contributed by atoms with Gasteiger partial charge in [0, 0.05) is 32.7 Å². The number of likely N-dealkylation sites (tertiary alicyclic amines) is 1. The lowest BCUT2D eigenvalue weighted by atomic mass is 9.84. The zero-order chi connectivity index (χ0) is 14.6. The smallest absolute Gasteiger partial charge is 0.0440 e. The molecule has 2 atom stereocenters. The Morgan fingerprint density at radius 2 is 2.15 bits per heavy atom. The Hall–Kier alpha value is 0.0600. The van der Waals surface area contributed by atoms with Crippen molar-refractivity contribution in [1.29, 1.82) is 0 Å². The average Bonchev–Trinajstić information content (AvgIpc) is 2.90. The Balaban J connectivity index is 2.12. The molecule has 0 spiro atoms. The maximum absolute atomic E-state index is 5.91. The third-order valence-electron chi connectivity index (χ3n) is 4.77. The molecule has 114 valence electrons. The first-order valence-corrected chi connectivity index (χ1v) is 9.21. The first-order chi connectivity index (χ1) is 9.60. The number of hydrazine groups is 1. The van der Waals surface area contributed by atoms with Crippen molar-refractivity contribution in [3.8, 4) is 0 Å².